The standard InChI is InChI=1S/C8H5F3N2O/c1-14-7-6(8(9,10)11)3-2-5(4-12)13-7/h2-3H,1H3. The first-order valence-electron chi connectivity index (χ1n) is 3.51. The highest BCUT2D eigenvalue weighted by atomic mass is 19.4. The van der Waals surface area contributed by atoms with E-state index >= 15 is 0 Å². The largest absolute Gasteiger partial charge is 0.481 e. The Balaban J connectivity index is 3.27. The molecule has 1 aromatic heterocycles. The number of alkyl halides is 3. The number of rotatable bonds is 1. The molecule has 0 saturated carbocycles. The van der Waals surface area contributed by atoms with Gasteiger partial charge < -0.3 is 4.74 Å². The topological polar surface area (TPSA) is 45.9 Å². The van der Waals surface area contributed by atoms with E-state index in [2.05, 4.69) is 9.72 Å². The number of hydrogen-bond acceptors (Lipinski definition) is 3. The van der Waals surface area contributed by atoms with Crippen LogP contribution >= 0.6 is 0 Å². The van der Waals surface area contributed by atoms with Gasteiger partial charge in [0.15, 0.2) is 0 Å². The minimum atomic E-state index is -4.52. The summed E-state index contributed by atoms with van der Waals surface area (Å²) in [4.78, 5) is 3.37. The normalized spacial score (nSPS) is 10.8. The Morgan fingerprint density at radius 1 is 1.43 bits per heavy atom. The lowest BCUT2D eigenvalue weighted by Gasteiger charge is -2.09. The lowest BCUT2D eigenvalue weighted by molar-refractivity contribution is -0.139. The van der Waals surface area contributed by atoms with E-state index in [1.54, 1.807) is 6.07 Å². The van der Waals surface area contributed by atoms with Crippen molar-refractivity contribution < 1.29 is 17.9 Å². The lowest BCUT2D eigenvalue weighted by Crippen LogP contribution is -2.09. The Labute approximate surface area is 77.7 Å². The number of methoxy groups -OCH3 is 1. The maximum Gasteiger partial charge on any atom is 0.421 e. The molecule has 0 spiro atoms. The van der Waals surface area contributed by atoms with Crippen LogP contribution in [0.25, 0.3) is 0 Å². The van der Waals surface area contributed by atoms with Gasteiger partial charge in [-0.2, -0.15) is 18.4 Å². The summed E-state index contributed by atoms with van der Waals surface area (Å²) in [5, 5.41) is 8.40. The average Bonchev–Trinajstić information content (AvgIpc) is 2.15. The van der Waals surface area contributed by atoms with Crippen molar-refractivity contribution in [2.45, 2.75) is 6.18 Å². The predicted octanol–water partition coefficient (Wildman–Crippen LogP) is 1.98. The van der Waals surface area contributed by atoms with Crippen LogP contribution in [0.5, 0.6) is 5.88 Å². The molecule has 0 fully saturated rings. The number of pyridine rings is 1. The number of halogens is 3. The van der Waals surface area contributed by atoms with Gasteiger partial charge in [0, 0.05) is 0 Å². The summed E-state index contributed by atoms with van der Waals surface area (Å²) in [5.41, 5.74) is -1.10. The van der Waals surface area contributed by atoms with Gasteiger partial charge >= 0.3 is 6.18 Å². The van der Waals surface area contributed by atoms with Crippen molar-refractivity contribution in [3.05, 3.63) is 23.4 Å². The predicted molar refractivity (Wildman–Crippen MR) is 40.5 cm³/mol. The van der Waals surface area contributed by atoms with Crippen LogP contribution < -0.4 is 4.74 Å². The van der Waals surface area contributed by atoms with Crippen molar-refractivity contribution >= 4 is 0 Å². The Hall–Kier alpha value is -1.77. The minimum Gasteiger partial charge on any atom is -0.481 e. The molecular weight excluding hydrogens is 197 g/mol. The quantitative estimate of drug-likeness (QED) is 0.699. The van der Waals surface area contributed by atoms with Crippen molar-refractivity contribution in [1.29, 1.82) is 5.26 Å². The van der Waals surface area contributed by atoms with Crippen LogP contribution in [0.1, 0.15) is 11.3 Å². The summed E-state index contributed by atoms with van der Waals surface area (Å²) >= 11 is 0. The summed E-state index contributed by atoms with van der Waals surface area (Å²) < 4.78 is 41.2. The first-order chi connectivity index (χ1) is 6.49. The molecule has 6 heteroatoms. The van der Waals surface area contributed by atoms with Crippen molar-refractivity contribution in [3.63, 3.8) is 0 Å². The fourth-order valence-corrected chi connectivity index (χ4v) is 0.874. The third-order valence-electron chi connectivity index (χ3n) is 1.47. The van der Waals surface area contributed by atoms with Gasteiger partial charge in [-0.25, -0.2) is 4.98 Å². The van der Waals surface area contributed by atoms with Gasteiger partial charge in [0.25, 0.3) is 0 Å². The van der Waals surface area contributed by atoms with E-state index in [4.69, 9.17) is 5.26 Å². The molecule has 1 heterocycles. The van der Waals surface area contributed by atoms with Gasteiger partial charge in [0.1, 0.15) is 17.3 Å². The number of aromatic nitrogens is 1. The molecule has 0 atom stereocenters. The number of nitrogens with zero attached hydrogens (tertiary/aromatic N) is 2. The van der Waals surface area contributed by atoms with Crippen LogP contribution in [0.15, 0.2) is 12.1 Å². The van der Waals surface area contributed by atoms with Crippen LogP contribution in [0.2, 0.25) is 0 Å². The Bertz CT molecular complexity index is 381. The zero-order valence-electron chi connectivity index (χ0n) is 7.09. The molecule has 1 aromatic rings. The van der Waals surface area contributed by atoms with Crippen LogP contribution in [0, 0.1) is 11.3 Å². The van der Waals surface area contributed by atoms with E-state index in [0.717, 1.165) is 19.2 Å². The van der Waals surface area contributed by atoms with E-state index < -0.39 is 17.6 Å². The molecule has 14 heavy (non-hydrogen) atoms. The molecule has 1 rings (SSSR count). The molecule has 74 valence electrons. The maximum atomic E-state index is 12.3. The van der Waals surface area contributed by atoms with Crippen molar-refractivity contribution in [2.75, 3.05) is 7.11 Å². The second-order valence-electron chi connectivity index (χ2n) is 2.36. The molecular formula is C8H5F3N2O. The van der Waals surface area contributed by atoms with Crippen LogP contribution in [-0.2, 0) is 6.18 Å². The highest BCUT2D eigenvalue weighted by Gasteiger charge is 2.35. The van der Waals surface area contributed by atoms with Gasteiger partial charge in [-0.1, -0.05) is 0 Å². The molecule has 0 aromatic carbocycles. The summed E-state index contributed by atoms with van der Waals surface area (Å²) in [7, 11) is 1.07. The highest BCUT2D eigenvalue weighted by molar-refractivity contribution is 5.34. The molecule has 0 aliphatic heterocycles. The zero-order chi connectivity index (χ0) is 10.8. The Morgan fingerprint density at radius 3 is 2.50 bits per heavy atom. The number of nitriles is 1. The monoisotopic (exact) mass is 202 g/mol. The highest BCUT2D eigenvalue weighted by Crippen LogP contribution is 2.34. The number of ether oxygens (including phenoxy) is 1. The lowest BCUT2D eigenvalue weighted by atomic mass is 10.2. The van der Waals surface area contributed by atoms with Crippen molar-refractivity contribution in [2.24, 2.45) is 0 Å². The average molecular weight is 202 g/mol. The first kappa shape index (κ1) is 10.3. The van der Waals surface area contributed by atoms with Gasteiger partial charge in [0.05, 0.1) is 7.11 Å². The third kappa shape index (κ3) is 1.93. The summed E-state index contributed by atoms with van der Waals surface area (Å²) in [5.74, 6) is -0.587. The van der Waals surface area contributed by atoms with Gasteiger partial charge in [-0.3, -0.25) is 0 Å². The van der Waals surface area contributed by atoms with Crippen LogP contribution in [0.3, 0.4) is 0 Å². The smallest absolute Gasteiger partial charge is 0.421 e. The molecule has 0 aliphatic carbocycles. The molecule has 0 radical (unpaired) electrons. The second kappa shape index (κ2) is 3.54. The first-order valence-corrected chi connectivity index (χ1v) is 3.51. The third-order valence-corrected chi connectivity index (χ3v) is 1.47. The molecule has 0 aliphatic rings. The van der Waals surface area contributed by atoms with Crippen LogP contribution in [-0.4, -0.2) is 12.1 Å². The fraction of sp³-hybridized carbons (Fsp3) is 0.250. The molecule has 0 bridgehead atoms. The summed E-state index contributed by atoms with van der Waals surface area (Å²) in [6.45, 7) is 0. The SMILES string of the molecule is COc1nc(C#N)ccc1C(F)(F)F. The molecule has 0 saturated heterocycles. The van der Waals surface area contributed by atoms with E-state index in [0.29, 0.717) is 0 Å². The van der Waals surface area contributed by atoms with E-state index in [-0.39, 0.29) is 5.69 Å². The van der Waals surface area contributed by atoms with E-state index in [1.807, 2.05) is 0 Å². The Kier molecular flexibility index (Phi) is 2.60. The van der Waals surface area contributed by atoms with E-state index in [9.17, 15) is 13.2 Å². The van der Waals surface area contributed by atoms with E-state index in [1.165, 1.54) is 0 Å². The Morgan fingerprint density at radius 2 is 2.07 bits per heavy atom. The zero-order valence-corrected chi connectivity index (χ0v) is 7.09. The van der Waals surface area contributed by atoms with Gasteiger partial charge in [-0.15, -0.1) is 0 Å². The van der Waals surface area contributed by atoms with Gasteiger partial charge in [0.2, 0.25) is 5.88 Å². The maximum absolute atomic E-state index is 12.3. The molecule has 0 unspecified atom stereocenters. The van der Waals surface area contributed by atoms with Gasteiger partial charge in [-0.05, 0) is 12.1 Å². The fourth-order valence-electron chi connectivity index (χ4n) is 0.874. The van der Waals surface area contributed by atoms with Crippen molar-refractivity contribution in [1.82, 2.24) is 4.98 Å². The minimum absolute atomic E-state index is 0.116. The molecule has 0 N–H and O–H groups in total. The summed E-state index contributed by atoms with van der Waals surface area (Å²) in [6, 6.07) is 3.38. The number of hydrogen-bond donors (Lipinski definition) is 0. The molecule has 3 nitrogen and oxygen atoms in total. The van der Waals surface area contributed by atoms with Crippen molar-refractivity contribution in [3.8, 4) is 11.9 Å². The second-order valence-corrected chi connectivity index (χ2v) is 2.36. The van der Waals surface area contributed by atoms with Crippen LogP contribution in [0.4, 0.5) is 13.2 Å². The summed E-state index contributed by atoms with van der Waals surface area (Å²) in [6.07, 6.45) is -4.52. The molecule has 0 amide bonds.